The average Bonchev–Trinajstić information content (AvgIpc) is 2.42. The predicted molar refractivity (Wildman–Crippen MR) is 82.4 cm³/mol. The molecule has 1 fully saturated rings. The van der Waals surface area contributed by atoms with Gasteiger partial charge in [-0.15, -0.1) is 0 Å². The van der Waals surface area contributed by atoms with Crippen molar-refractivity contribution in [3.63, 3.8) is 0 Å². The summed E-state index contributed by atoms with van der Waals surface area (Å²) < 4.78 is 0. The molecule has 0 heterocycles. The number of nitrogens with zero attached hydrogens (tertiary/aromatic N) is 2. The molecule has 1 aromatic rings. The lowest BCUT2D eigenvalue weighted by molar-refractivity contribution is -0.384. The Hall–Kier alpha value is -1.66. The highest BCUT2D eigenvalue weighted by molar-refractivity contribution is 5.55. The largest absolute Gasteiger partial charge is 0.396 e. The number of nitro groups is 1. The van der Waals surface area contributed by atoms with Crippen LogP contribution in [0.2, 0.25) is 0 Å². The van der Waals surface area contributed by atoms with E-state index in [4.69, 9.17) is 5.11 Å². The van der Waals surface area contributed by atoms with Gasteiger partial charge in [-0.3, -0.25) is 15.0 Å². The molecule has 0 saturated heterocycles. The fraction of sp³-hybridized carbons (Fsp3) is 0.600. The second kappa shape index (κ2) is 7.38. The minimum absolute atomic E-state index is 0.125. The Morgan fingerprint density at radius 1 is 1.48 bits per heavy atom. The number of hydrogen-bond acceptors (Lipinski definition) is 5. The number of nitrogens with one attached hydrogen (secondary N) is 1. The lowest BCUT2D eigenvalue weighted by atomic mass is 9.91. The molecule has 6 heteroatoms. The van der Waals surface area contributed by atoms with Crippen molar-refractivity contribution >= 4 is 11.4 Å². The van der Waals surface area contributed by atoms with E-state index in [9.17, 15) is 10.1 Å². The summed E-state index contributed by atoms with van der Waals surface area (Å²) in [6, 6.07) is 5.48. The van der Waals surface area contributed by atoms with Crippen LogP contribution in [0.3, 0.4) is 0 Å². The Labute approximate surface area is 124 Å². The molecule has 0 radical (unpaired) electrons. The first-order valence-electron chi connectivity index (χ1n) is 7.45. The van der Waals surface area contributed by atoms with Crippen LogP contribution in [0.4, 0.5) is 11.4 Å². The molecule has 1 aromatic carbocycles. The van der Waals surface area contributed by atoms with Crippen molar-refractivity contribution in [3.05, 3.63) is 33.9 Å². The molecule has 2 N–H and O–H groups in total. The Balaban J connectivity index is 2.17. The van der Waals surface area contributed by atoms with Crippen molar-refractivity contribution in [3.8, 4) is 0 Å². The molecule has 21 heavy (non-hydrogen) atoms. The van der Waals surface area contributed by atoms with E-state index in [2.05, 4.69) is 10.2 Å². The number of anilines is 1. The highest BCUT2D eigenvalue weighted by Crippen LogP contribution is 2.29. The summed E-state index contributed by atoms with van der Waals surface area (Å²) in [6.45, 7) is 1.69. The first-order valence-corrected chi connectivity index (χ1v) is 7.45. The predicted octanol–water partition coefficient (Wildman–Crippen LogP) is 2.37. The van der Waals surface area contributed by atoms with Crippen LogP contribution >= 0.6 is 0 Å². The van der Waals surface area contributed by atoms with E-state index in [0.717, 1.165) is 24.2 Å². The number of aliphatic hydroxyl groups excluding tert-OH is 1. The summed E-state index contributed by atoms with van der Waals surface area (Å²) in [5.41, 5.74) is 1.99. The molecule has 0 aliphatic heterocycles. The maximum atomic E-state index is 11.0. The van der Waals surface area contributed by atoms with Crippen molar-refractivity contribution < 1.29 is 10.0 Å². The third-order valence-corrected chi connectivity index (χ3v) is 4.14. The molecule has 0 unspecified atom stereocenters. The van der Waals surface area contributed by atoms with Crippen LogP contribution in [0.5, 0.6) is 0 Å². The smallest absolute Gasteiger partial charge is 0.269 e. The van der Waals surface area contributed by atoms with Gasteiger partial charge >= 0.3 is 0 Å². The van der Waals surface area contributed by atoms with Crippen LogP contribution in [-0.2, 0) is 6.54 Å². The highest BCUT2D eigenvalue weighted by atomic mass is 16.6. The minimum Gasteiger partial charge on any atom is -0.396 e. The molecule has 1 aliphatic carbocycles. The van der Waals surface area contributed by atoms with Gasteiger partial charge in [-0.1, -0.05) is 6.42 Å². The van der Waals surface area contributed by atoms with Crippen molar-refractivity contribution in [1.82, 2.24) is 4.90 Å². The summed E-state index contributed by atoms with van der Waals surface area (Å²) in [5, 5.41) is 23.1. The first kappa shape index (κ1) is 15.7. The van der Waals surface area contributed by atoms with Crippen LogP contribution in [-0.4, -0.2) is 41.2 Å². The number of hydrogen-bond donors (Lipinski definition) is 2. The second-order valence-electron chi connectivity index (χ2n) is 5.48. The van der Waals surface area contributed by atoms with Crippen LogP contribution in [0, 0.1) is 10.1 Å². The first-order chi connectivity index (χ1) is 10.2. The third kappa shape index (κ3) is 3.92. The zero-order chi connectivity index (χ0) is 15.2. The molecule has 0 bridgehead atoms. The van der Waals surface area contributed by atoms with Gasteiger partial charge in [0.15, 0.2) is 0 Å². The zero-order valence-corrected chi connectivity index (χ0v) is 12.4. The molecule has 116 valence electrons. The van der Waals surface area contributed by atoms with Gasteiger partial charge in [-0.25, -0.2) is 0 Å². The highest BCUT2D eigenvalue weighted by Gasteiger charge is 2.25. The molecule has 0 aromatic heterocycles. The minimum atomic E-state index is -0.357. The van der Waals surface area contributed by atoms with Gasteiger partial charge in [-0.2, -0.15) is 0 Å². The lowest BCUT2D eigenvalue weighted by Gasteiger charge is -2.38. The number of rotatable bonds is 8. The SMILES string of the molecule is CNc1ccc([N+](=O)[O-])cc1CN(CCCO)C1CCC1. The van der Waals surface area contributed by atoms with Gasteiger partial charge in [0, 0.05) is 50.6 Å². The van der Waals surface area contributed by atoms with Gasteiger partial charge in [0.25, 0.3) is 5.69 Å². The van der Waals surface area contributed by atoms with Crippen molar-refractivity contribution in [1.29, 1.82) is 0 Å². The lowest BCUT2D eigenvalue weighted by Crippen LogP contribution is -2.40. The van der Waals surface area contributed by atoms with E-state index in [1.54, 1.807) is 12.1 Å². The molecule has 2 rings (SSSR count). The number of aliphatic hydroxyl groups is 1. The van der Waals surface area contributed by atoms with Gasteiger partial charge < -0.3 is 10.4 Å². The second-order valence-corrected chi connectivity index (χ2v) is 5.48. The van der Waals surface area contributed by atoms with Gasteiger partial charge in [-0.05, 0) is 30.9 Å². The zero-order valence-electron chi connectivity index (χ0n) is 12.4. The van der Waals surface area contributed by atoms with E-state index < -0.39 is 0 Å². The number of non-ortho nitro benzene ring substituents is 1. The monoisotopic (exact) mass is 293 g/mol. The van der Waals surface area contributed by atoms with Gasteiger partial charge in [0.2, 0.25) is 0 Å². The average molecular weight is 293 g/mol. The maximum absolute atomic E-state index is 11.0. The molecule has 0 atom stereocenters. The topological polar surface area (TPSA) is 78.6 Å². The number of benzene rings is 1. The van der Waals surface area contributed by atoms with Crippen molar-refractivity contribution in [2.75, 3.05) is 25.5 Å². The van der Waals surface area contributed by atoms with E-state index in [0.29, 0.717) is 12.6 Å². The standard InChI is InChI=1S/C15H23N3O3/c1-16-15-7-6-14(18(20)21)10-12(15)11-17(8-3-9-19)13-4-2-5-13/h6-7,10,13,16,19H,2-5,8-9,11H2,1H3. The number of nitro benzene ring substituents is 1. The van der Waals surface area contributed by atoms with Crippen molar-refractivity contribution in [2.45, 2.75) is 38.3 Å². The summed E-state index contributed by atoms with van der Waals surface area (Å²) in [4.78, 5) is 12.9. The molecule has 0 amide bonds. The maximum Gasteiger partial charge on any atom is 0.269 e. The summed E-state index contributed by atoms with van der Waals surface area (Å²) in [5.74, 6) is 0. The van der Waals surface area contributed by atoms with E-state index in [1.165, 1.54) is 25.3 Å². The fourth-order valence-corrected chi connectivity index (χ4v) is 2.70. The summed E-state index contributed by atoms with van der Waals surface area (Å²) in [7, 11) is 1.83. The quantitative estimate of drug-likeness (QED) is 0.568. The van der Waals surface area contributed by atoms with E-state index in [-0.39, 0.29) is 17.2 Å². The van der Waals surface area contributed by atoms with Gasteiger partial charge in [0.05, 0.1) is 4.92 Å². The van der Waals surface area contributed by atoms with Gasteiger partial charge in [0.1, 0.15) is 0 Å². The molecule has 0 spiro atoms. The van der Waals surface area contributed by atoms with E-state index >= 15 is 0 Å². The van der Waals surface area contributed by atoms with Crippen LogP contribution in [0.25, 0.3) is 0 Å². The Morgan fingerprint density at radius 2 is 2.24 bits per heavy atom. The Bertz CT molecular complexity index is 489. The van der Waals surface area contributed by atoms with Crippen LogP contribution in [0.1, 0.15) is 31.2 Å². The Kier molecular flexibility index (Phi) is 5.52. The molecular formula is C15H23N3O3. The summed E-state index contributed by atoms with van der Waals surface area (Å²) in [6.07, 6.45) is 4.33. The Morgan fingerprint density at radius 3 is 2.76 bits per heavy atom. The summed E-state index contributed by atoms with van der Waals surface area (Å²) >= 11 is 0. The van der Waals surface area contributed by atoms with Crippen LogP contribution < -0.4 is 5.32 Å². The van der Waals surface area contributed by atoms with Crippen LogP contribution in [0.15, 0.2) is 18.2 Å². The molecular weight excluding hydrogens is 270 g/mol. The normalized spacial score (nSPS) is 15.0. The molecule has 6 nitrogen and oxygen atoms in total. The molecule has 1 aliphatic rings. The van der Waals surface area contributed by atoms with E-state index in [1.807, 2.05) is 7.05 Å². The van der Waals surface area contributed by atoms with Crippen molar-refractivity contribution in [2.24, 2.45) is 0 Å². The third-order valence-electron chi connectivity index (χ3n) is 4.14. The fourth-order valence-electron chi connectivity index (χ4n) is 2.70. The molecule has 1 saturated carbocycles.